The van der Waals surface area contributed by atoms with Gasteiger partial charge in [-0.2, -0.15) is 21.6 Å². The second-order valence-electron chi connectivity index (χ2n) is 3.11. The van der Waals surface area contributed by atoms with E-state index < -0.39 is 34.2 Å². The van der Waals surface area contributed by atoms with Crippen molar-refractivity contribution in [3.05, 3.63) is 28.0 Å². The third kappa shape index (κ3) is 4.60. The van der Waals surface area contributed by atoms with E-state index in [0.717, 1.165) is 18.5 Å². The van der Waals surface area contributed by atoms with Gasteiger partial charge in [-0.05, 0) is 22.0 Å². The number of hydrogen-bond donors (Lipinski definition) is 0. The topological polar surface area (TPSA) is 56.3 Å². The van der Waals surface area contributed by atoms with E-state index in [1.54, 1.807) is 0 Å². The molecule has 1 heterocycles. The predicted molar refractivity (Wildman–Crippen MR) is 56.6 cm³/mol. The van der Waals surface area contributed by atoms with Crippen molar-refractivity contribution < 1.29 is 25.8 Å². The molecule has 1 aromatic rings. The maximum absolute atomic E-state index is 12.6. The molecule has 0 atom stereocenters. The summed E-state index contributed by atoms with van der Waals surface area (Å²) in [4.78, 5) is 3.49. The average Bonchev–Trinajstić information content (AvgIpc) is 2.13. The first-order chi connectivity index (χ1) is 7.59. The van der Waals surface area contributed by atoms with Gasteiger partial charge in [-0.15, -0.1) is 0 Å². The van der Waals surface area contributed by atoms with E-state index in [0.29, 0.717) is 0 Å². The molecule has 0 unspecified atom stereocenters. The van der Waals surface area contributed by atoms with Crippen LogP contribution in [-0.2, 0) is 27.1 Å². The molecule has 4 nitrogen and oxygen atoms in total. The Labute approximate surface area is 104 Å². The van der Waals surface area contributed by atoms with Crippen LogP contribution in [0.25, 0.3) is 0 Å². The number of alkyl halides is 3. The van der Waals surface area contributed by atoms with Crippen LogP contribution in [0.1, 0.15) is 11.3 Å². The first-order valence-electron chi connectivity index (χ1n) is 4.15. The van der Waals surface area contributed by atoms with Gasteiger partial charge in [-0.3, -0.25) is 9.17 Å². The Morgan fingerprint density at radius 2 is 2.06 bits per heavy atom. The highest BCUT2D eigenvalue weighted by atomic mass is 79.9. The molecule has 0 aliphatic heterocycles. The fourth-order valence-electron chi connectivity index (χ4n) is 0.991. The Kier molecular flexibility index (Phi) is 4.15. The Balaban J connectivity index is 3.07. The van der Waals surface area contributed by atoms with Crippen molar-refractivity contribution in [2.75, 3.05) is 6.26 Å². The minimum absolute atomic E-state index is 0.146. The zero-order valence-corrected chi connectivity index (χ0v) is 10.9. The van der Waals surface area contributed by atoms with Gasteiger partial charge in [0.25, 0.3) is 10.1 Å². The number of halogens is 4. The summed E-state index contributed by atoms with van der Waals surface area (Å²) in [5.74, 6) is 0. The summed E-state index contributed by atoms with van der Waals surface area (Å²) in [5.41, 5.74) is -1.51. The van der Waals surface area contributed by atoms with Crippen molar-refractivity contribution in [1.82, 2.24) is 4.98 Å². The fourth-order valence-corrected chi connectivity index (χ4v) is 1.65. The highest BCUT2D eigenvalue weighted by Crippen LogP contribution is 2.33. The minimum atomic E-state index is -4.62. The van der Waals surface area contributed by atoms with E-state index >= 15 is 0 Å². The summed E-state index contributed by atoms with van der Waals surface area (Å²) in [6, 6.07) is 0.813. The predicted octanol–water partition coefficient (Wildman–Crippen LogP) is 2.34. The van der Waals surface area contributed by atoms with Crippen LogP contribution < -0.4 is 0 Å². The van der Waals surface area contributed by atoms with Crippen LogP contribution in [0.5, 0.6) is 0 Å². The van der Waals surface area contributed by atoms with Gasteiger partial charge in [0.05, 0.1) is 17.5 Å². The van der Waals surface area contributed by atoms with Crippen LogP contribution in [0.4, 0.5) is 13.2 Å². The summed E-state index contributed by atoms with van der Waals surface area (Å²) in [6.07, 6.45) is -2.73. The maximum Gasteiger partial charge on any atom is 0.418 e. The lowest BCUT2D eigenvalue weighted by Crippen LogP contribution is -2.13. The second kappa shape index (κ2) is 4.91. The standard InChI is InChI=1S/C8H7BrF3NO3S/c1-17(14,15)16-4-7-6(8(10,11)12)2-5(9)3-13-7/h2-3H,4H2,1H3. The van der Waals surface area contributed by atoms with Gasteiger partial charge >= 0.3 is 6.18 Å². The zero-order valence-electron chi connectivity index (χ0n) is 8.45. The van der Waals surface area contributed by atoms with E-state index in [1.807, 2.05) is 0 Å². The molecule has 0 fully saturated rings. The van der Waals surface area contributed by atoms with E-state index in [2.05, 4.69) is 25.1 Å². The Morgan fingerprint density at radius 1 is 1.47 bits per heavy atom. The molecule has 0 spiro atoms. The molecule has 1 rings (SSSR count). The number of pyridine rings is 1. The first-order valence-corrected chi connectivity index (χ1v) is 6.76. The lowest BCUT2D eigenvalue weighted by Gasteiger charge is -2.11. The third-order valence-electron chi connectivity index (χ3n) is 1.65. The molecule has 17 heavy (non-hydrogen) atoms. The van der Waals surface area contributed by atoms with E-state index in [9.17, 15) is 21.6 Å². The molecule has 0 N–H and O–H groups in total. The first kappa shape index (κ1) is 14.4. The van der Waals surface area contributed by atoms with E-state index in [1.165, 1.54) is 0 Å². The van der Waals surface area contributed by atoms with Gasteiger partial charge in [0.15, 0.2) is 0 Å². The zero-order chi connectivity index (χ0) is 13.3. The smallest absolute Gasteiger partial charge is 0.264 e. The van der Waals surface area contributed by atoms with Crippen LogP contribution in [0.15, 0.2) is 16.7 Å². The van der Waals surface area contributed by atoms with Gasteiger partial charge in [-0.1, -0.05) is 0 Å². The maximum atomic E-state index is 12.6. The van der Waals surface area contributed by atoms with Gasteiger partial charge < -0.3 is 0 Å². The van der Waals surface area contributed by atoms with Crippen molar-refractivity contribution in [2.24, 2.45) is 0 Å². The molecule has 0 aliphatic carbocycles. The molecule has 0 aliphatic rings. The van der Waals surface area contributed by atoms with Gasteiger partial charge in [0, 0.05) is 10.7 Å². The molecular weight excluding hydrogens is 327 g/mol. The highest BCUT2D eigenvalue weighted by Gasteiger charge is 2.34. The summed E-state index contributed by atoms with van der Waals surface area (Å²) in [5, 5.41) is 0. The van der Waals surface area contributed by atoms with Crippen molar-refractivity contribution in [1.29, 1.82) is 0 Å². The molecule has 9 heteroatoms. The summed E-state index contributed by atoms with van der Waals surface area (Å²) < 4.78 is 63.6. The second-order valence-corrected chi connectivity index (χ2v) is 5.67. The van der Waals surface area contributed by atoms with Crippen LogP contribution >= 0.6 is 15.9 Å². The molecule has 0 saturated carbocycles. The Morgan fingerprint density at radius 3 is 2.53 bits per heavy atom. The van der Waals surface area contributed by atoms with Crippen LogP contribution in [0.3, 0.4) is 0 Å². The summed E-state index contributed by atoms with van der Waals surface area (Å²) in [7, 11) is -3.81. The highest BCUT2D eigenvalue weighted by molar-refractivity contribution is 9.10. The summed E-state index contributed by atoms with van der Waals surface area (Å²) >= 11 is 2.86. The third-order valence-corrected chi connectivity index (χ3v) is 2.63. The van der Waals surface area contributed by atoms with E-state index in [4.69, 9.17) is 0 Å². The van der Waals surface area contributed by atoms with Crippen molar-refractivity contribution in [3.63, 3.8) is 0 Å². The number of rotatable bonds is 3. The minimum Gasteiger partial charge on any atom is -0.264 e. The molecule has 1 aromatic heterocycles. The van der Waals surface area contributed by atoms with Crippen LogP contribution in [-0.4, -0.2) is 19.7 Å². The van der Waals surface area contributed by atoms with E-state index in [-0.39, 0.29) is 4.47 Å². The van der Waals surface area contributed by atoms with Crippen molar-refractivity contribution in [2.45, 2.75) is 12.8 Å². The fraction of sp³-hybridized carbons (Fsp3) is 0.375. The number of nitrogens with zero attached hydrogens (tertiary/aromatic N) is 1. The summed E-state index contributed by atoms with van der Waals surface area (Å²) in [6.45, 7) is -0.749. The van der Waals surface area contributed by atoms with Crippen LogP contribution in [0.2, 0.25) is 0 Å². The molecular formula is C8H7BrF3NO3S. The number of aromatic nitrogens is 1. The molecule has 0 saturated heterocycles. The average molecular weight is 334 g/mol. The monoisotopic (exact) mass is 333 g/mol. The number of hydrogen-bond acceptors (Lipinski definition) is 4. The van der Waals surface area contributed by atoms with Gasteiger partial charge in [-0.25, -0.2) is 0 Å². The molecule has 0 amide bonds. The Bertz CT molecular complexity index is 515. The molecule has 96 valence electrons. The van der Waals surface area contributed by atoms with Crippen molar-refractivity contribution >= 4 is 26.0 Å². The quantitative estimate of drug-likeness (QED) is 0.797. The molecule has 0 aromatic carbocycles. The van der Waals surface area contributed by atoms with Gasteiger partial charge in [0.2, 0.25) is 0 Å². The van der Waals surface area contributed by atoms with Crippen molar-refractivity contribution in [3.8, 4) is 0 Å². The Hall–Kier alpha value is -0.670. The van der Waals surface area contributed by atoms with Crippen LogP contribution in [0, 0.1) is 0 Å². The largest absolute Gasteiger partial charge is 0.418 e. The normalized spacial score (nSPS) is 12.8. The lowest BCUT2D eigenvalue weighted by molar-refractivity contribution is -0.138. The molecule has 0 bridgehead atoms. The molecule has 0 radical (unpaired) electrons. The lowest BCUT2D eigenvalue weighted by atomic mass is 10.2. The van der Waals surface area contributed by atoms with Gasteiger partial charge in [0.1, 0.15) is 6.61 Å². The SMILES string of the molecule is CS(=O)(=O)OCc1ncc(Br)cc1C(F)(F)F.